The fraction of sp³-hybridized carbons (Fsp3) is 0.294. The molecule has 5 rings (SSSR count). The lowest BCUT2D eigenvalue weighted by molar-refractivity contribution is -0.188. The van der Waals surface area contributed by atoms with Crippen LogP contribution in [0.3, 0.4) is 0 Å². The molecule has 4 aromatic carbocycles. The SMILES string of the molecule is CN[C@@H](C)CN(C(=O)C(F)(F)F)[C@H]1CN(Cc2ccccc2)c2ccccc2N(Cc2c(OC)ccc3cc(Br)ccc23)C1=O. The Morgan fingerprint density at radius 2 is 1.71 bits per heavy atom. The molecule has 0 saturated carbocycles. The maximum atomic E-state index is 14.7. The maximum absolute atomic E-state index is 14.7. The number of methoxy groups -OCH3 is 1. The predicted octanol–water partition coefficient (Wildman–Crippen LogP) is 6.53. The van der Waals surface area contributed by atoms with Gasteiger partial charge in [-0.3, -0.25) is 9.59 Å². The van der Waals surface area contributed by atoms with Crippen LogP contribution in [0.4, 0.5) is 24.5 Å². The van der Waals surface area contributed by atoms with Crippen LogP contribution in [-0.2, 0) is 22.7 Å². The van der Waals surface area contributed by atoms with Gasteiger partial charge in [-0.25, -0.2) is 0 Å². The number of likely N-dealkylation sites (N-methyl/N-ethyl adjacent to an activating group) is 1. The summed E-state index contributed by atoms with van der Waals surface area (Å²) >= 11 is 3.51. The van der Waals surface area contributed by atoms with Gasteiger partial charge in [0.1, 0.15) is 11.8 Å². The van der Waals surface area contributed by atoms with Crippen LogP contribution >= 0.6 is 15.9 Å². The summed E-state index contributed by atoms with van der Waals surface area (Å²) in [7, 11) is 3.14. The third kappa shape index (κ3) is 6.94. The molecule has 0 spiro atoms. The number of hydrogen-bond acceptors (Lipinski definition) is 5. The highest BCUT2D eigenvalue weighted by molar-refractivity contribution is 9.10. The zero-order valence-corrected chi connectivity index (χ0v) is 26.7. The second-order valence-corrected chi connectivity index (χ2v) is 12.0. The zero-order chi connectivity index (χ0) is 32.3. The normalized spacial score (nSPS) is 15.9. The van der Waals surface area contributed by atoms with Crippen LogP contribution in [-0.4, -0.2) is 62.2 Å². The molecule has 0 bridgehead atoms. The first kappa shape index (κ1) is 32.3. The first-order valence-corrected chi connectivity index (χ1v) is 15.3. The molecule has 1 N–H and O–H groups in total. The number of alkyl halides is 3. The highest BCUT2D eigenvalue weighted by Crippen LogP contribution is 2.39. The molecule has 236 valence electrons. The van der Waals surface area contributed by atoms with Gasteiger partial charge in [0.05, 0.1) is 25.0 Å². The van der Waals surface area contributed by atoms with Crippen molar-refractivity contribution in [2.75, 3.05) is 37.0 Å². The highest BCUT2D eigenvalue weighted by Gasteiger charge is 2.48. The van der Waals surface area contributed by atoms with E-state index in [4.69, 9.17) is 4.74 Å². The molecule has 0 aromatic heterocycles. The molecule has 0 radical (unpaired) electrons. The number of carbonyl (C=O) groups excluding carboxylic acids is 2. The lowest BCUT2D eigenvalue weighted by Crippen LogP contribution is -2.59. The molecule has 1 heterocycles. The third-order valence-corrected chi connectivity index (χ3v) is 8.60. The van der Waals surface area contributed by atoms with Gasteiger partial charge in [-0.2, -0.15) is 13.2 Å². The van der Waals surface area contributed by atoms with Gasteiger partial charge >= 0.3 is 12.1 Å². The number of rotatable bonds is 9. The minimum Gasteiger partial charge on any atom is -0.496 e. The van der Waals surface area contributed by atoms with E-state index in [1.54, 1.807) is 26.1 Å². The lowest BCUT2D eigenvalue weighted by Gasteiger charge is -2.36. The topological polar surface area (TPSA) is 65.1 Å². The van der Waals surface area contributed by atoms with Crippen molar-refractivity contribution in [3.63, 3.8) is 0 Å². The summed E-state index contributed by atoms with van der Waals surface area (Å²) in [6.45, 7) is 1.53. The first-order chi connectivity index (χ1) is 21.5. The first-order valence-electron chi connectivity index (χ1n) is 14.5. The Bertz CT molecular complexity index is 1680. The molecule has 1 aliphatic rings. The Kier molecular flexibility index (Phi) is 9.69. The number of carbonyl (C=O) groups is 2. The average molecular weight is 684 g/mol. The highest BCUT2D eigenvalue weighted by atomic mass is 79.9. The molecule has 2 atom stereocenters. The molecule has 0 fully saturated rings. The summed E-state index contributed by atoms with van der Waals surface area (Å²) in [5.74, 6) is -2.14. The minimum atomic E-state index is -5.17. The lowest BCUT2D eigenvalue weighted by atomic mass is 10.0. The number of amides is 2. The van der Waals surface area contributed by atoms with Gasteiger partial charge in [0, 0.05) is 35.7 Å². The number of hydrogen-bond donors (Lipinski definition) is 1. The number of nitrogens with one attached hydrogen (secondary N) is 1. The van der Waals surface area contributed by atoms with E-state index in [-0.39, 0.29) is 19.6 Å². The van der Waals surface area contributed by atoms with Crippen LogP contribution in [0.2, 0.25) is 0 Å². The van der Waals surface area contributed by atoms with E-state index >= 15 is 0 Å². The van der Waals surface area contributed by atoms with Gasteiger partial charge in [0.2, 0.25) is 0 Å². The zero-order valence-electron chi connectivity index (χ0n) is 25.1. The molecule has 11 heteroatoms. The van der Waals surface area contributed by atoms with Crippen molar-refractivity contribution in [1.29, 1.82) is 0 Å². The summed E-state index contributed by atoms with van der Waals surface area (Å²) in [6, 6.07) is 24.3. The number of anilines is 2. The van der Waals surface area contributed by atoms with E-state index in [9.17, 15) is 22.8 Å². The predicted molar refractivity (Wildman–Crippen MR) is 173 cm³/mol. The van der Waals surface area contributed by atoms with Gasteiger partial charge in [0.25, 0.3) is 5.91 Å². The Labute approximate surface area is 268 Å². The molecule has 0 unspecified atom stereocenters. The Morgan fingerprint density at radius 1 is 1.02 bits per heavy atom. The van der Waals surface area contributed by atoms with Crippen LogP contribution in [0.15, 0.2) is 89.4 Å². The van der Waals surface area contributed by atoms with Crippen molar-refractivity contribution < 1.29 is 27.5 Å². The second-order valence-electron chi connectivity index (χ2n) is 11.1. The molecule has 2 amide bonds. The van der Waals surface area contributed by atoms with Gasteiger partial charge in [-0.05, 0) is 60.6 Å². The average Bonchev–Trinajstić information content (AvgIpc) is 3.14. The Balaban J connectivity index is 1.70. The number of para-hydroxylation sites is 2. The van der Waals surface area contributed by atoms with Crippen LogP contribution in [0.1, 0.15) is 18.1 Å². The molecular weight excluding hydrogens is 649 g/mol. The van der Waals surface area contributed by atoms with E-state index in [1.165, 1.54) is 12.0 Å². The van der Waals surface area contributed by atoms with Crippen LogP contribution < -0.4 is 19.9 Å². The van der Waals surface area contributed by atoms with Crippen molar-refractivity contribution in [3.05, 3.63) is 101 Å². The van der Waals surface area contributed by atoms with Crippen molar-refractivity contribution in [2.24, 2.45) is 0 Å². The summed E-state index contributed by atoms with van der Waals surface area (Å²) in [6.07, 6.45) is -5.17. The van der Waals surface area contributed by atoms with Crippen LogP contribution in [0.5, 0.6) is 5.75 Å². The van der Waals surface area contributed by atoms with E-state index in [1.807, 2.05) is 77.7 Å². The van der Waals surface area contributed by atoms with Gasteiger partial charge < -0.3 is 24.8 Å². The van der Waals surface area contributed by atoms with E-state index < -0.39 is 30.1 Å². The number of ether oxygens (including phenoxy) is 1. The molecule has 7 nitrogen and oxygen atoms in total. The molecular formula is C34H34BrF3N4O3. The minimum absolute atomic E-state index is 0.00327. The van der Waals surface area contributed by atoms with Crippen molar-refractivity contribution in [1.82, 2.24) is 10.2 Å². The fourth-order valence-corrected chi connectivity index (χ4v) is 6.13. The van der Waals surface area contributed by atoms with E-state index in [0.29, 0.717) is 34.1 Å². The molecule has 45 heavy (non-hydrogen) atoms. The smallest absolute Gasteiger partial charge is 0.471 e. The van der Waals surface area contributed by atoms with Gasteiger partial charge in [0.15, 0.2) is 0 Å². The van der Waals surface area contributed by atoms with E-state index in [0.717, 1.165) is 20.8 Å². The van der Waals surface area contributed by atoms with Crippen LogP contribution in [0, 0.1) is 0 Å². The summed E-state index contributed by atoms with van der Waals surface area (Å²) < 4.78 is 49.0. The second kappa shape index (κ2) is 13.5. The van der Waals surface area contributed by atoms with Crippen LogP contribution in [0.25, 0.3) is 10.8 Å². The largest absolute Gasteiger partial charge is 0.496 e. The van der Waals surface area contributed by atoms with E-state index in [2.05, 4.69) is 21.2 Å². The summed E-state index contributed by atoms with van der Waals surface area (Å²) in [4.78, 5) is 31.8. The standard InChI is InChI=1S/C34H34BrF3N4O3/c1-22(39-2)18-42(33(44)34(36,37)38)30-21-40(19-23-9-5-4-6-10-23)28-11-7-8-12-29(28)41(32(30)43)20-27-26-15-14-25(35)17-24(26)13-16-31(27)45-3/h4-17,22,30,39H,18-21H2,1-3H3/t22-,30-/m0/s1. The number of nitrogens with zero attached hydrogens (tertiary/aromatic N) is 3. The molecule has 4 aromatic rings. The molecule has 1 aliphatic heterocycles. The Hall–Kier alpha value is -4.09. The van der Waals surface area contributed by atoms with Gasteiger partial charge in [-0.15, -0.1) is 0 Å². The summed E-state index contributed by atoms with van der Waals surface area (Å²) in [5.41, 5.74) is 2.79. The van der Waals surface area contributed by atoms with Crippen molar-refractivity contribution in [2.45, 2.75) is 38.3 Å². The summed E-state index contributed by atoms with van der Waals surface area (Å²) in [5, 5.41) is 4.64. The van der Waals surface area contributed by atoms with Gasteiger partial charge in [-0.1, -0.05) is 70.5 Å². The quantitative estimate of drug-likeness (QED) is 0.218. The molecule has 0 aliphatic carbocycles. The monoisotopic (exact) mass is 682 g/mol. The fourth-order valence-electron chi connectivity index (χ4n) is 5.75. The van der Waals surface area contributed by atoms with Crippen molar-refractivity contribution in [3.8, 4) is 5.75 Å². The number of fused-ring (bicyclic) bond motifs is 2. The third-order valence-electron chi connectivity index (χ3n) is 8.10. The number of halogens is 4. The Morgan fingerprint density at radius 3 is 2.38 bits per heavy atom. The molecule has 0 saturated heterocycles. The maximum Gasteiger partial charge on any atom is 0.471 e. The van der Waals surface area contributed by atoms with Crippen molar-refractivity contribution >= 4 is 49.9 Å². The number of benzene rings is 4.